The molecule has 1 atom stereocenters. The molecule has 2 N–H and O–H groups in total. The van der Waals surface area contributed by atoms with Crippen molar-refractivity contribution in [3.63, 3.8) is 0 Å². The second kappa shape index (κ2) is 11.1. The van der Waals surface area contributed by atoms with Gasteiger partial charge in [0.2, 0.25) is 0 Å². The van der Waals surface area contributed by atoms with E-state index < -0.39 is 0 Å². The zero-order chi connectivity index (χ0) is 19.5. The van der Waals surface area contributed by atoms with Gasteiger partial charge in [-0.2, -0.15) is 0 Å². The summed E-state index contributed by atoms with van der Waals surface area (Å²) < 4.78 is 16.4. The Morgan fingerprint density at radius 3 is 2.44 bits per heavy atom. The normalized spacial score (nSPS) is 12.4. The Hall–Kier alpha value is -2.73. The maximum Gasteiger partial charge on any atom is 0.191 e. The standard InChI is InChI=1S/C21H29N3O3/c1-16(27-20-11-7-10-19(12-20)26-4)13-23-21(22-2)24-14-17-8-5-6-9-18(17)15-25-3/h5-12,16H,13-15H2,1-4H3,(H2,22,23,24). The van der Waals surface area contributed by atoms with Crippen LogP contribution < -0.4 is 20.1 Å². The van der Waals surface area contributed by atoms with Crippen molar-refractivity contribution < 1.29 is 14.2 Å². The van der Waals surface area contributed by atoms with Crippen LogP contribution >= 0.6 is 0 Å². The fraction of sp³-hybridized carbons (Fsp3) is 0.381. The molecule has 0 saturated carbocycles. The Morgan fingerprint density at radius 1 is 1.00 bits per heavy atom. The molecule has 27 heavy (non-hydrogen) atoms. The van der Waals surface area contributed by atoms with Crippen LogP contribution in [0.4, 0.5) is 0 Å². The molecular formula is C21H29N3O3. The van der Waals surface area contributed by atoms with Gasteiger partial charge >= 0.3 is 0 Å². The monoisotopic (exact) mass is 371 g/mol. The molecule has 0 fully saturated rings. The van der Waals surface area contributed by atoms with Crippen molar-refractivity contribution in [1.82, 2.24) is 10.6 Å². The van der Waals surface area contributed by atoms with Crippen LogP contribution in [0.25, 0.3) is 0 Å². The molecule has 0 aliphatic carbocycles. The molecule has 6 nitrogen and oxygen atoms in total. The van der Waals surface area contributed by atoms with Gasteiger partial charge in [-0.05, 0) is 30.2 Å². The molecule has 1 unspecified atom stereocenters. The lowest BCUT2D eigenvalue weighted by Crippen LogP contribution is -2.41. The highest BCUT2D eigenvalue weighted by Crippen LogP contribution is 2.19. The van der Waals surface area contributed by atoms with Crippen molar-refractivity contribution in [3.05, 3.63) is 59.7 Å². The van der Waals surface area contributed by atoms with Crippen LogP contribution in [0.3, 0.4) is 0 Å². The van der Waals surface area contributed by atoms with Crippen LogP contribution in [0, 0.1) is 0 Å². The van der Waals surface area contributed by atoms with Gasteiger partial charge in [0.1, 0.15) is 17.6 Å². The SMILES string of the molecule is CN=C(NCc1ccccc1COC)NCC(C)Oc1cccc(OC)c1. The van der Waals surface area contributed by atoms with Crippen LogP contribution in [0.1, 0.15) is 18.1 Å². The van der Waals surface area contributed by atoms with E-state index in [2.05, 4.69) is 27.8 Å². The molecule has 0 aliphatic rings. The molecule has 0 saturated heterocycles. The van der Waals surface area contributed by atoms with Gasteiger partial charge < -0.3 is 24.8 Å². The Morgan fingerprint density at radius 2 is 1.74 bits per heavy atom. The van der Waals surface area contributed by atoms with E-state index in [1.165, 1.54) is 5.56 Å². The van der Waals surface area contributed by atoms with Crippen molar-refractivity contribution in [2.45, 2.75) is 26.2 Å². The first kappa shape index (κ1) is 20.6. The van der Waals surface area contributed by atoms with Crippen molar-refractivity contribution >= 4 is 5.96 Å². The molecule has 0 radical (unpaired) electrons. The van der Waals surface area contributed by atoms with E-state index in [9.17, 15) is 0 Å². The summed E-state index contributed by atoms with van der Waals surface area (Å²) in [6.45, 7) is 3.89. The minimum atomic E-state index is -0.0311. The Kier molecular flexibility index (Phi) is 8.45. The highest BCUT2D eigenvalue weighted by Gasteiger charge is 2.07. The zero-order valence-corrected chi connectivity index (χ0v) is 16.5. The summed E-state index contributed by atoms with van der Waals surface area (Å²) in [5.41, 5.74) is 2.35. The van der Waals surface area contributed by atoms with Gasteiger partial charge in [0, 0.05) is 26.8 Å². The third-order valence-corrected chi connectivity index (χ3v) is 4.02. The lowest BCUT2D eigenvalue weighted by atomic mass is 10.1. The molecule has 146 valence electrons. The Labute approximate surface area is 161 Å². The summed E-state index contributed by atoms with van der Waals surface area (Å²) in [7, 11) is 5.10. The van der Waals surface area contributed by atoms with Gasteiger partial charge in [-0.1, -0.05) is 30.3 Å². The van der Waals surface area contributed by atoms with Crippen LogP contribution in [0.5, 0.6) is 11.5 Å². The number of guanidine groups is 1. The second-order valence-electron chi connectivity index (χ2n) is 6.12. The molecule has 2 aromatic carbocycles. The minimum absolute atomic E-state index is 0.0311. The van der Waals surface area contributed by atoms with Gasteiger partial charge in [0.05, 0.1) is 20.3 Å². The maximum absolute atomic E-state index is 5.92. The molecule has 6 heteroatoms. The number of nitrogens with one attached hydrogen (secondary N) is 2. The molecule has 0 aliphatic heterocycles. The molecule has 0 aromatic heterocycles. The van der Waals surface area contributed by atoms with E-state index in [-0.39, 0.29) is 6.10 Å². The van der Waals surface area contributed by atoms with E-state index >= 15 is 0 Å². The van der Waals surface area contributed by atoms with Crippen molar-refractivity contribution in [1.29, 1.82) is 0 Å². The summed E-state index contributed by atoms with van der Waals surface area (Å²) in [6.07, 6.45) is -0.0311. The van der Waals surface area contributed by atoms with Crippen LogP contribution in [0.2, 0.25) is 0 Å². The smallest absolute Gasteiger partial charge is 0.191 e. The lowest BCUT2D eigenvalue weighted by molar-refractivity contribution is 0.184. The number of hydrogen-bond donors (Lipinski definition) is 2. The summed E-state index contributed by atoms with van der Waals surface area (Å²) in [4.78, 5) is 4.27. The average molecular weight is 371 g/mol. The first-order valence-corrected chi connectivity index (χ1v) is 8.97. The van der Waals surface area contributed by atoms with Crippen LogP contribution in [-0.2, 0) is 17.9 Å². The highest BCUT2D eigenvalue weighted by atomic mass is 16.5. The largest absolute Gasteiger partial charge is 0.497 e. The van der Waals surface area contributed by atoms with E-state index in [1.807, 2.05) is 43.3 Å². The van der Waals surface area contributed by atoms with E-state index in [4.69, 9.17) is 14.2 Å². The molecular weight excluding hydrogens is 342 g/mol. The first-order chi connectivity index (χ1) is 13.2. The molecule has 2 rings (SSSR count). The number of benzene rings is 2. The fourth-order valence-corrected chi connectivity index (χ4v) is 2.61. The quantitative estimate of drug-likeness (QED) is 0.524. The third kappa shape index (κ3) is 6.83. The number of rotatable bonds is 9. The number of nitrogens with zero attached hydrogens (tertiary/aromatic N) is 1. The van der Waals surface area contributed by atoms with E-state index in [1.54, 1.807) is 21.3 Å². The van der Waals surface area contributed by atoms with Gasteiger partial charge in [-0.15, -0.1) is 0 Å². The second-order valence-corrected chi connectivity index (χ2v) is 6.12. The lowest BCUT2D eigenvalue weighted by Gasteiger charge is -2.18. The molecule has 0 amide bonds. The first-order valence-electron chi connectivity index (χ1n) is 8.97. The number of ether oxygens (including phenoxy) is 3. The number of methoxy groups -OCH3 is 2. The average Bonchev–Trinajstić information content (AvgIpc) is 2.69. The highest BCUT2D eigenvalue weighted by molar-refractivity contribution is 5.79. The summed E-state index contributed by atoms with van der Waals surface area (Å²) in [5, 5.41) is 6.62. The van der Waals surface area contributed by atoms with E-state index in [0.29, 0.717) is 19.7 Å². The Balaban J connectivity index is 1.83. The van der Waals surface area contributed by atoms with Crippen LogP contribution in [0.15, 0.2) is 53.5 Å². The number of hydrogen-bond acceptors (Lipinski definition) is 4. The van der Waals surface area contributed by atoms with Crippen LogP contribution in [-0.4, -0.2) is 39.9 Å². The summed E-state index contributed by atoms with van der Waals surface area (Å²) in [5.74, 6) is 2.28. The predicted octanol–water partition coefficient (Wildman–Crippen LogP) is 2.97. The van der Waals surface area contributed by atoms with Crippen molar-refractivity contribution in [3.8, 4) is 11.5 Å². The van der Waals surface area contributed by atoms with Gasteiger partial charge in [0.15, 0.2) is 5.96 Å². The molecule has 2 aromatic rings. The minimum Gasteiger partial charge on any atom is -0.497 e. The Bertz CT molecular complexity index is 734. The van der Waals surface area contributed by atoms with Gasteiger partial charge in [-0.25, -0.2) is 0 Å². The molecule has 0 heterocycles. The predicted molar refractivity (Wildman–Crippen MR) is 108 cm³/mol. The van der Waals surface area contributed by atoms with Gasteiger partial charge in [0.25, 0.3) is 0 Å². The van der Waals surface area contributed by atoms with Crippen molar-refractivity contribution in [2.75, 3.05) is 27.8 Å². The maximum atomic E-state index is 5.92. The topological polar surface area (TPSA) is 64.1 Å². The van der Waals surface area contributed by atoms with Gasteiger partial charge in [-0.3, -0.25) is 4.99 Å². The fourth-order valence-electron chi connectivity index (χ4n) is 2.61. The third-order valence-electron chi connectivity index (χ3n) is 4.02. The zero-order valence-electron chi connectivity index (χ0n) is 16.5. The summed E-state index contributed by atoms with van der Waals surface area (Å²) in [6, 6.07) is 15.8. The van der Waals surface area contributed by atoms with Crippen molar-refractivity contribution in [2.24, 2.45) is 4.99 Å². The molecule has 0 spiro atoms. The number of aliphatic imine (C=N–C) groups is 1. The summed E-state index contributed by atoms with van der Waals surface area (Å²) >= 11 is 0. The molecule has 0 bridgehead atoms. The van der Waals surface area contributed by atoms with E-state index in [0.717, 1.165) is 23.0 Å².